The molecular weight excluding hydrogens is 294 g/mol. The van der Waals surface area contributed by atoms with Crippen LogP contribution in [0.25, 0.3) is 16.5 Å². The lowest BCUT2D eigenvalue weighted by Crippen LogP contribution is -2.08. The maximum absolute atomic E-state index is 12.4. The number of pyridine rings is 1. The van der Waals surface area contributed by atoms with Crippen molar-refractivity contribution >= 4 is 26.3 Å². The number of rotatable bonds is 4. The van der Waals surface area contributed by atoms with E-state index in [1.54, 1.807) is 30.3 Å². The first kappa shape index (κ1) is 14.5. The lowest BCUT2D eigenvalue weighted by Gasteiger charge is -2.08. The summed E-state index contributed by atoms with van der Waals surface area (Å²) in [5, 5.41) is 1.02. The van der Waals surface area contributed by atoms with Gasteiger partial charge in [-0.15, -0.1) is 0 Å². The quantitative estimate of drug-likeness (QED) is 0.738. The second-order valence-electron chi connectivity index (χ2n) is 5.06. The number of sulfone groups is 1. The van der Waals surface area contributed by atoms with Crippen LogP contribution in [-0.4, -0.2) is 19.2 Å². The SMILES string of the molecule is C=C(CS(=O)(=O)c1ccccc1)c1ccc2ccccc2n1. The second kappa shape index (κ2) is 5.73. The molecule has 0 saturated carbocycles. The minimum atomic E-state index is -3.40. The summed E-state index contributed by atoms with van der Waals surface area (Å²) in [5.41, 5.74) is 1.94. The zero-order valence-corrected chi connectivity index (χ0v) is 12.8. The summed E-state index contributed by atoms with van der Waals surface area (Å²) >= 11 is 0. The smallest absolute Gasteiger partial charge is 0.182 e. The Morgan fingerprint density at radius 1 is 0.909 bits per heavy atom. The molecule has 22 heavy (non-hydrogen) atoms. The number of aromatic nitrogens is 1. The van der Waals surface area contributed by atoms with Crippen molar-refractivity contribution in [3.8, 4) is 0 Å². The molecule has 110 valence electrons. The molecule has 0 spiro atoms. The van der Waals surface area contributed by atoms with Gasteiger partial charge in [0.15, 0.2) is 9.84 Å². The topological polar surface area (TPSA) is 47.0 Å². The molecule has 0 saturated heterocycles. The Morgan fingerprint density at radius 3 is 2.36 bits per heavy atom. The highest BCUT2D eigenvalue weighted by Crippen LogP contribution is 2.20. The van der Waals surface area contributed by atoms with E-state index in [4.69, 9.17) is 0 Å². The third-order valence-electron chi connectivity index (χ3n) is 3.43. The normalized spacial score (nSPS) is 11.5. The highest BCUT2D eigenvalue weighted by atomic mass is 32.2. The molecule has 3 rings (SSSR count). The van der Waals surface area contributed by atoms with Gasteiger partial charge in [0, 0.05) is 5.39 Å². The minimum Gasteiger partial charge on any atom is -0.248 e. The molecule has 0 aliphatic carbocycles. The number of para-hydroxylation sites is 1. The number of benzene rings is 2. The first-order chi connectivity index (χ1) is 10.6. The van der Waals surface area contributed by atoms with Gasteiger partial charge in [-0.05, 0) is 29.8 Å². The van der Waals surface area contributed by atoms with Gasteiger partial charge in [0.05, 0.1) is 21.9 Å². The maximum Gasteiger partial charge on any atom is 0.182 e. The van der Waals surface area contributed by atoms with E-state index in [1.165, 1.54) is 0 Å². The fraction of sp³-hybridized carbons (Fsp3) is 0.0556. The van der Waals surface area contributed by atoms with Gasteiger partial charge in [0.1, 0.15) is 0 Å². The van der Waals surface area contributed by atoms with Crippen molar-refractivity contribution in [2.24, 2.45) is 0 Å². The van der Waals surface area contributed by atoms with Crippen LogP contribution in [0.5, 0.6) is 0 Å². The molecule has 1 heterocycles. The molecule has 3 nitrogen and oxygen atoms in total. The summed E-state index contributed by atoms with van der Waals surface area (Å²) < 4.78 is 24.8. The highest BCUT2D eigenvalue weighted by Gasteiger charge is 2.17. The van der Waals surface area contributed by atoms with E-state index in [0.29, 0.717) is 16.2 Å². The summed E-state index contributed by atoms with van der Waals surface area (Å²) in [5.74, 6) is -0.137. The Kier molecular flexibility index (Phi) is 3.77. The van der Waals surface area contributed by atoms with Gasteiger partial charge in [-0.1, -0.05) is 49.0 Å². The number of hydrogen-bond donors (Lipinski definition) is 0. The second-order valence-corrected chi connectivity index (χ2v) is 7.05. The largest absolute Gasteiger partial charge is 0.248 e. The van der Waals surface area contributed by atoms with Gasteiger partial charge < -0.3 is 0 Å². The summed E-state index contributed by atoms with van der Waals surface area (Å²) in [6.07, 6.45) is 0. The Balaban J connectivity index is 1.90. The van der Waals surface area contributed by atoms with Crippen molar-refractivity contribution < 1.29 is 8.42 Å². The lowest BCUT2D eigenvalue weighted by molar-refractivity contribution is 0.599. The molecule has 0 atom stereocenters. The van der Waals surface area contributed by atoms with Gasteiger partial charge in [-0.25, -0.2) is 13.4 Å². The minimum absolute atomic E-state index is 0.137. The lowest BCUT2D eigenvalue weighted by atomic mass is 10.1. The van der Waals surface area contributed by atoms with Crippen LogP contribution < -0.4 is 0 Å². The molecular formula is C18H15NO2S. The summed E-state index contributed by atoms with van der Waals surface area (Å²) in [6.45, 7) is 3.90. The van der Waals surface area contributed by atoms with E-state index >= 15 is 0 Å². The molecule has 2 aromatic carbocycles. The number of fused-ring (bicyclic) bond motifs is 1. The molecule has 0 aliphatic rings. The zero-order valence-electron chi connectivity index (χ0n) is 11.9. The molecule has 0 aliphatic heterocycles. The standard InChI is InChI=1S/C18H15NO2S/c1-14(13-22(20,21)16-8-3-2-4-9-16)17-12-11-15-7-5-6-10-18(15)19-17/h2-12H,1,13H2. The molecule has 0 amide bonds. The first-order valence-electron chi connectivity index (χ1n) is 6.88. The van der Waals surface area contributed by atoms with Crippen LogP contribution in [0, 0.1) is 0 Å². The predicted molar refractivity (Wildman–Crippen MR) is 89.3 cm³/mol. The third kappa shape index (κ3) is 2.92. The molecule has 1 aromatic heterocycles. The van der Waals surface area contributed by atoms with Gasteiger partial charge in [0.25, 0.3) is 0 Å². The zero-order chi connectivity index (χ0) is 15.6. The number of nitrogens with zero attached hydrogens (tertiary/aromatic N) is 1. The molecule has 0 radical (unpaired) electrons. The van der Waals surface area contributed by atoms with Crippen molar-refractivity contribution in [1.29, 1.82) is 0 Å². The van der Waals surface area contributed by atoms with Crippen LogP contribution in [0.3, 0.4) is 0 Å². The summed E-state index contributed by atoms with van der Waals surface area (Å²) in [4.78, 5) is 4.79. The summed E-state index contributed by atoms with van der Waals surface area (Å²) in [7, 11) is -3.40. The molecule has 0 bridgehead atoms. The van der Waals surface area contributed by atoms with E-state index < -0.39 is 9.84 Å². The van der Waals surface area contributed by atoms with Crippen LogP contribution >= 0.6 is 0 Å². The van der Waals surface area contributed by atoms with Gasteiger partial charge in [-0.3, -0.25) is 0 Å². The average Bonchev–Trinajstić information content (AvgIpc) is 2.55. The Labute approximate surface area is 129 Å². The van der Waals surface area contributed by atoms with E-state index in [-0.39, 0.29) is 5.75 Å². The fourth-order valence-corrected chi connectivity index (χ4v) is 3.62. The van der Waals surface area contributed by atoms with Crippen LogP contribution in [0.15, 0.2) is 78.2 Å². The summed E-state index contributed by atoms with van der Waals surface area (Å²) in [6, 6.07) is 19.9. The van der Waals surface area contributed by atoms with Crippen LogP contribution in [0.1, 0.15) is 5.69 Å². The predicted octanol–water partition coefficient (Wildman–Crippen LogP) is 3.72. The van der Waals surface area contributed by atoms with Crippen LogP contribution in [-0.2, 0) is 9.84 Å². The van der Waals surface area contributed by atoms with Crippen LogP contribution in [0.4, 0.5) is 0 Å². The van der Waals surface area contributed by atoms with Gasteiger partial charge >= 0.3 is 0 Å². The monoisotopic (exact) mass is 309 g/mol. The van der Waals surface area contributed by atoms with Gasteiger partial charge in [-0.2, -0.15) is 0 Å². The van der Waals surface area contributed by atoms with Crippen molar-refractivity contribution in [2.45, 2.75) is 4.90 Å². The van der Waals surface area contributed by atoms with E-state index in [9.17, 15) is 8.42 Å². The molecule has 0 N–H and O–H groups in total. The van der Waals surface area contributed by atoms with E-state index in [0.717, 1.165) is 10.9 Å². The molecule has 4 heteroatoms. The first-order valence-corrected chi connectivity index (χ1v) is 8.53. The average molecular weight is 309 g/mol. The Bertz CT molecular complexity index is 931. The van der Waals surface area contributed by atoms with E-state index in [2.05, 4.69) is 11.6 Å². The maximum atomic E-state index is 12.4. The third-order valence-corrected chi connectivity index (χ3v) is 5.15. The number of hydrogen-bond acceptors (Lipinski definition) is 3. The molecule has 3 aromatic rings. The van der Waals surface area contributed by atoms with Gasteiger partial charge in [0.2, 0.25) is 0 Å². The highest BCUT2D eigenvalue weighted by molar-refractivity contribution is 7.91. The Morgan fingerprint density at radius 2 is 1.59 bits per heavy atom. The van der Waals surface area contributed by atoms with Crippen molar-refractivity contribution in [3.63, 3.8) is 0 Å². The van der Waals surface area contributed by atoms with Crippen molar-refractivity contribution in [3.05, 3.63) is 79.0 Å². The van der Waals surface area contributed by atoms with Crippen molar-refractivity contribution in [2.75, 3.05) is 5.75 Å². The molecule has 0 unspecified atom stereocenters. The van der Waals surface area contributed by atoms with E-state index in [1.807, 2.05) is 36.4 Å². The fourth-order valence-electron chi connectivity index (χ4n) is 2.28. The van der Waals surface area contributed by atoms with Crippen molar-refractivity contribution in [1.82, 2.24) is 4.98 Å². The molecule has 0 fully saturated rings. The Hall–Kier alpha value is -2.46. The van der Waals surface area contributed by atoms with Crippen LogP contribution in [0.2, 0.25) is 0 Å².